The number of Topliss-reactive ketones (excluding diaryl/α,β-unsaturated/α-hetero) is 1. The Morgan fingerprint density at radius 3 is 2.14 bits per heavy atom. The van der Waals surface area contributed by atoms with E-state index < -0.39 is 29.7 Å². The van der Waals surface area contributed by atoms with E-state index in [1.807, 2.05) is 27.7 Å². The van der Waals surface area contributed by atoms with Gasteiger partial charge in [-0.2, -0.15) is 0 Å². The number of amides is 1. The second-order valence-electron chi connectivity index (χ2n) is 10.6. The molecule has 0 aromatic carbocycles. The van der Waals surface area contributed by atoms with E-state index >= 15 is 0 Å². The van der Waals surface area contributed by atoms with E-state index in [9.17, 15) is 24.9 Å². The third-order valence-corrected chi connectivity index (χ3v) is 7.09. The highest BCUT2D eigenvalue weighted by atomic mass is 16.7. The number of unbranched alkanes of at least 4 members (excludes halogenated alkanes) is 4. The number of hydrogen-bond donors (Lipinski definition) is 4. The molecule has 2 saturated heterocycles. The Morgan fingerprint density at radius 1 is 0.914 bits per heavy atom. The summed E-state index contributed by atoms with van der Waals surface area (Å²) < 4.78 is 18.1. The molecular formula is C26H47NO8. The van der Waals surface area contributed by atoms with Crippen molar-refractivity contribution in [2.24, 2.45) is 5.92 Å². The van der Waals surface area contributed by atoms with Crippen LogP contribution in [-0.2, 0) is 23.8 Å². The first-order valence-corrected chi connectivity index (χ1v) is 13.3. The number of carbonyl (C=O) groups excluding carboxylic acids is 2. The van der Waals surface area contributed by atoms with Gasteiger partial charge in [-0.05, 0) is 46.0 Å². The fraction of sp³-hybridized carbons (Fsp3) is 0.923. The highest BCUT2D eigenvalue weighted by Gasteiger charge is 2.67. The van der Waals surface area contributed by atoms with E-state index in [0.717, 1.165) is 25.7 Å². The molecule has 1 aliphatic carbocycles. The molecule has 5 atom stereocenters. The molecule has 1 amide bonds. The minimum Gasteiger partial charge on any atom is -0.394 e. The van der Waals surface area contributed by atoms with Gasteiger partial charge in [-0.15, -0.1) is 0 Å². The van der Waals surface area contributed by atoms with Gasteiger partial charge in [-0.3, -0.25) is 9.59 Å². The van der Waals surface area contributed by atoms with Crippen LogP contribution in [0.5, 0.6) is 0 Å². The number of aliphatic hydroxyl groups excluding tert-OH is 3. The number of carbonyl (C=O) groups is 2. The minimum absolute atomic E-state index is 0.0344. The van der Waals surface area contributed by atoms with Crippen LogP contribution >= 0.6 is 0 Å². The van der Waals surface area contributed by atoms with Crippen molar-refractivity contribution in [2.75, 3.05) is 19.8 Å². The standard InChI is InChI=1S/C26H47NO8/c1-18(2)20(29)11-7-5-9-15-33-25-13-14-26(24(32)23(25)31,35-21(25)17-28)34-16-10-6-8-12-22(30)27-19(3)4/h18-19,21,23-24,28,31-32H,5-17H2,1-4H3,(H,27,30). The number of aliphatic hydroxyl groups is 3. The van der Waals surface area contributed by atoms with Crippen LogP contribution in [0, 0.1) is 5.92 Å². The monoisotopic (exact) mass is 501 g/mol. The summed E-state index contributed by atoms with van der Waals surface area (Å²) in [5, 5.41) is 34.7. The van der Waals surface area contributed by atoms with Gasteiger partial charge in [-0.25, -0.2) is 0 Å². The minimum atomic E-state index is -1.37. The summed E-state index contributed by atoms with van der Waals surface area (Å²) in [4.78, 5) is 23.5. The predicted octanol–water partition coefficient (Wildman–Crippen LogP) is 2.23. The molecule has 9 heteroatoms. The van der Waals surface area contributed by atoms with E-state index in [0.29, 0.717) is 51.7 Å². The largest absolute Gasteiger partial charge is 0.394 e. The molecule has 204 valence electrons. The highest BCUT2D eigenvalue weighted by molar-refractivity contribution is 5.80. The Bertz CT molecular complexity index is 668. The Balaban J connectivity index is 1.78. The first-order chi connectivity index (χ1) is 16.6. The number of ether oxygens (including phenoxy) is 3. The van der Waals surface area contributed by atoms with Crippen molar-refractivity contribution in [1.82, 2.24) is 5.32 Å². The van der Waals surface area contributed by atoms with Gasteiger partial charge in [0.05, 0.1) is 13.2 Å². The van der Waals surface area contributed by atoms with Crippen molar-refractivity contribution < 1.29 is 39.1 Å². The summed E-state index contributed by atoms with van der Waals surface area (Å²) in [5.41, 5.74) is -1.18. The van der Waals surface area contributed by atoms with Crippen LogP contribution in [-0.4, -0.2) is 82.6 Å². The van der Waals surface area contributed by atoms with Crippen LogP contribution in [0.15, 0.2) is 0 Å². The number of rotatable bonds is 17. The molecular weight excluding hydrogens is 454 g/mol. The summed E-state index contributed by atoms with van der Waals surface area (Å²) >= 11 is 0. The number of ketones is 1. The molecule has 9 nitrogen and oxygen atoms in total. The van der Waals surface area contributed by atoms with Gasteiger partial charge in [0.2, 0.25) is 5.91 Å². The Labute approximate surface area is 209 Å². The molecule has 5 unspecified atom stereocenters. The summed E-state index contributed by atoms with van der Waals surface area (Å²) in [6.45, 7) is 7.96. The smallest absolute Gasteiger partial charge is 0.220 e. The van der Waals surface area contributed by atoms with Gasteiger partial charge in [0.1, 0.15) is 29.7 Å². The highest BCUT2D eigenvalue weighted by Crippen LogP contribution is 2.50. The zero-order chi connectivity index (χ0) is 26.1. The van der Waals surface area contributed by atoms with E-state index in [4.69, 9.17) is 14.2 Å². The van der Waals surface area contributed by atoms with E-state index in [1.165, 1.54) is 0 Å². The predicted molar refractivity (Wildman–Crippen MR) is 131 cm³/mol. The zero-order valence-corrected chi connectivity index (χ0v) is 22.0. The zero-order valence-electron chi connectivity index (χ0n) is 22.0. The first kappa shape index (κ1) is 30.1. The molecule has 0 aromatic rings. The maximum atomic E-state index is 11.7. The topological polar surface area (TPSA) is 135 Å². The first-order valence-electron chi connectivity index (χ1n) is 13.3. The maximum absolute atomic E-state index is 11.7. The quantitative estimate of drug-likeness (QED) is 0.223. The second kappa shape index (κ2) is 14.0. The molecule has 35 heavy (non-hydrogen) atoms. The lowest BCUT2D eigenvalue weighted by atomic mass is 9.70. The van der Waals surface area contributed by atoms with Gasteiger partial charge < -0.3 is 34.8 Å². The van der Waals surface area contributed by atoms with E-state index in [-0.39, 0.29) is 30.3 Å². The lowest BCUT2D eigenvalue weighted by Crippen LogP contribution is -2.77. The number of hydrogen-bond acceptors (Lipinski definition) is 8. The summed E-state index contributed by atoms with van der Waals surface area (Å²) in [6, 6.07) is 0.128. The molecule has 0 spiro atoms. The molecule has 1 saturated carbocycles. The summed E-state index contributed by atoms with van der Waals surface area (Å²) in [6.07, 6.45) is 2.96. The van der Waals surface area contributed by atoms with Crippen LogP contribution < -0.4 is 5.32 Å². The van der Waals surface area contributed by atoms with Crippen LogP contribution in [0.3, 0.4) is 0 Å². The van der Waals surface area contributed by atoms with E-state index in [1.54, 1.807) is 0 Å². The molecule has 4 N–H and O–H groups in total. The van der Waals surface area contributed by atoms with Crippen LogP contribution in [0.1, 0.15) is 91.9 Å². The van der Waals surface area contributed by atoms with Crippen LogP contribution in [0.2, 0.25) is 0 Å². The van der Waals surface area contributed by atoms with Gasteiger partial charge in [-0.1, -0.05) is 26.7 Å². The van der Waals surface area contributed by atoms with Gasteiger partial charge >= 0.3 is 0 Å². The Morgan fingerprint density at radius 2 is 1.54 bits per heavy atom. The Kier molecular flexibility index (Phi) is 12.1. The fourth-order valence-electron chi connectivity index (χ4n) is 4.96. The van der Waals surface area contributed by atoms with Crippen molar-refractivity contribution >= 4 is 11.7 Å². The summed E-state index contributed by atoms with van der Waals surface area (Å²) in [7, 11) is 0. The molecule has 0 aromatic heterocycles. The molecule has 2 heterocycles. The molecule has 2 aliphatic heterocycles. The number of nitrogens with one attached hydrogen (secondary N) is 1. The maximum Gasteiger partial charge on any atom is 0.220 e. The van der Waals surface area contributed by atoms with Crippen LogP contribution in [0.4, 0.5) is 0 Å². The third-order valence-electron chi connectivity index (χ3n) is 7.09. The lowest BCUT2D eigenvalue weighted by molar-refractivity contribution is -0.422. The molecule has 3 fully saturated rings. The van der Waals surface area contributed by atoms with Crippen molar-refractivity contribution in [3.8, 4) is 0 Å². The van der Waals surface area contributed by atoms with Gasteiger partial charge in [0, 0.05) is 37.8 Å². The Hall–Kier alpha value is -1.10. The molecule has 3 aliphatic rings. The van der Waals surface area contributed by atoms with Crippen LogP contribution in [0.25, 0.3) is 0 Å². The average Bonchev–Trinajstić information content (AvgIpc) is 2.81. The molecule has 3 rings (SSSR count). The third kappa shape index (κ3) is 7.94. The normalized spacial score (nSPS) is 30.3. The van der Waals surface area contributed by atoms with Gasteiger partial charge in [0.25, 0.3) is 0 Å². The molecule has 0 radical (unpaired) electrons. The second-order valence-corrected chi connectivity index (χ2v) is 10.6. The van der Waals surface area contributed by atoms with E-state index in [2.05, 4.69) is 5.32 Å². The molecule has 2 bridgehead atoms. The SMILES string of the molecule is CC(C)NC(=O)CCCCCOC12CCC(OCCCCCC(=O)C(C)C)(C(CO)O1)C(O)C2O. The van der Waals surface area contributed by atoms with Crippen molar-refractivity contribution in [1.29, 1.82) is 0 Å². The van der Waals surface area contributed by atoms with Crippen molar-refractivity contribution in [3.05, 3.63) is 0 Å². The average molecular weight is 502 g/mol. The van der Waals surface area contributed by atoms with Crippen molar-refractivity contribution in [2.45, 2.75) is 128 Å². The van der Waals surface area contributed by atoms with Gasteiger partial charge in [0.15, 0.2) is 5.79 Å². The van der Waals surface area contributed by atoms with Crippen molar-refractivity contribution in [3.63, 3.8) is 0 Å². The lowest BCUT2D eigenvalue weighted by Gasteiger charge is -2.60. The number of fused-ring (bicyclic) bond motifs is 3. The fourth-order valence-corrected chi connectivity index (χ4v) is 4.96. The summed E-state index contributed by atoms with van der Waals surface area (Å²) in [5.74, 6) is -1.03.